The summed E-state index contributed by atoms with van der Waals surface area (Å²) in [5, 5.41) is 4.35. The summed E-state index contributed by atoms with van der Waals surface area (Å²) >= 11 is 1.73. The molecule has 0 spiro atoms. The topological polar surface area (TPSA) is 24.9 Å². The molecular weight excluding hydrogens is 247 g/mol. The maximum Gasteiger partial charge on any atom is 0.123 e. The molecule has 1 unspecified atom stereocenters. The van der Waals surface area contributed by atoms with Gasteiger partial charge in [-0.3, -0.25) is 0 Å². The number of aryl methyl sites for hydroxylation is 1. The molecule has 0 aliphatic heterocycles. The van der Waals surface area contributed by atoms with Crippen molar-refractivity contribution < 1.29 is 4.39 Å². The first-order valence-corrected chi connectivity index (χ1v) is 7.02. The highest BCUT2D eigenvalue weighted by molar-refractivity contribution is 7.15. The van der Waals surface area contributed by atoms with Crippen molar-refractivity contribution in [3.05, 3.63) is 40.7 Å². The van der Waals surface area contributed by atoms with E-state index in [0.29, 0.717) is 6.04 Å². The van der Waals surface area contributed by atoms with Crippen LogP contribution in [0.5, 0.6) is 0 Å². The zero-order valence-corrected chi connectivity index (χ0v) is 11.1. The first-order valence-electron chi connectivity index (χ1n) is 6.20. The summed E-state index contributed by atoms with van der Waals surface area (Å²) in [6, 6.07) is 7.01. The molecule has 0 radical (unpaired) electrons. The Bertz CT molecular complexity index is 547. The van der Waals surface area contributed by atoms with E-state index < -0.39 is 0 Å². The molecule has 0 saturated carbocycles. The second kappa shape index (κ2) is 4.78. The lowest BCUT2D eigenvalue weighted by Crippen LogP contribution is -2.19. The van der Waals surface area contributed by atoms with Crippen molar-refractivity contribution in [2.75, 3.05) is 7.05 Å². The average molecular weight is 262 g/mol. The van der Waals surface area contributed by atoms with Gasteiger partial charge < -0.3 is 5.32 Å². The third-order valence-electron chi connectivity index (χ3n) is 3.39. The molecule has 0 saturated heterocycles. The van der Waals surface area contributed by atoms with Crippen molar-refractivity contribution in [3.63, 3.8) is 0 Å². The highest BCUT2D eigenvalue weighted by Gasteiger charge is 2.23. The van der Waals surface area contributed by atoms with E-state index >= 15 is 0 Å². The molecule has 1 aromatic carbocycles. The van der Waals surface area contributed by atoms with Crippen LogP contribution < -0.4 is 5.32 Å². The number of fused-ring (bicyclic) bond motifs is 1. The van der Waals surface area contributed by atoms with Crippen LogP contribution in [0, 0.1) is 5.82 Å². The number of nitrogens with one attached hydrogen (secondary N) is 1. The average Bonchev–Trinajstić information content (AvgIpc) is 2.83. The SMILES string of the molecule is CNC1CCCc2nc(-c3ccc(F)cc3)sc21. The van der Waals surface area contributed by atoms with Gasteiger partial charge in [-0.1, -0.05) is 0 Å². The van der Waals surface area contributed by atoms with Gasteiger partial charge in [0, 0.05) is 16.5 Å². The number of rotatable bonds is 2. The molecule has 4 heteroatoms. The van der Waals surface area contributed by atoms with Crippen molar-refractivity contribution in [3.8, 4) is 10.6 Å². The predicted molar refractivity (Wildman–Crippen MR) is 72.2 cm³/mol. The second-order valence-electron chi connectivity index (χ2n) is 4.57. The number of thiazole rings is 1. The van der Waals surface area contributed by atoms with Crippen LogP contribution in [0.25, 0.3) is 10.6 Å². The first-order chi connectivity index (χ1) is 8.78. The number of halogens is 1. The molecule has 1 aromatic heterocycles. The molecule has 0 bridgehead atoms. The number of benzene rings is 1. The van der Waals surface area contributed by atoms with Gasteiger partial charge in [-0.2, -0.15) is 0 Å². The Morgan fingerprint density at radius 2 is 2.11 bits per heavy atom. The lowest BCUT2D eigenvalue weighted by atomic mass is 9.98. The van der Waals surface area contributed by atoms with Crippen molar-refractivity contribution in [2.24, 2.45) is 0 Å². The molecular formula is C14H15FN2S. The molecule has 94 valence electrons. The van der Waals surface area contributed by atoms with Gasteiger partial charge in [0.25, 0.3) is 0 Å². The summed E-state index contributed by atoms with van der Waals surface area (Å²) < 4.78 is 12.9. The Kier molecular flexibility index (Phi) is 3.14. The fourth-order valence-corrected chi connectivity index (χ4v) is 3.67. The summed E-state index contributed by atoms with van der Waals surface area (Å²) in [5.74, 6) is -0.201. The summed E-state index contributed by atoms with van der Waals surface area (Å²) in [7, 11) is 2.00. The van der Waals surface area contributed by atoms with Crippen LogP contribution in [0.15, 0.2) is 24.3 Å². The third-order valence-corrected chi connectivity index (χ3v) is 4.65. The quantitative estimate of drug-likeness (QED) is 0.895. The van der Waals surface area contributed by atoms with Gasteiger partial charge in [0.05, 0.1) is 5.69 Å². The Labute approximate surface area is 110 Å². The van der Waals surface area contributed by atoms with E-state index in [-0.39, 0.29) is 5.82 Å². The fourth-order valence-electron chi connectivity index (χ4n) is 2.41. The number of hydrogen-bond acceptors (Lipinski definition) is 3. The number of aromatic nitrogens is 1. The molecule has 3 rings (SSSR count). The van der Waals surface area contributed by atoms with E-state index in [4.69, 9.17) is 4.98 Å². The smallest absolute Gasteiger partial charge is 0.123 e. The van der Waals surface area contributed by atoms with Gasteiger partial charge in [-0.05, 0) is 50.6 Å². The molecule has 1 aliphatic rings. The van der Waals surface area contributed by atoms with E-state index in [0.717, 1.165) is 17.0 Å². The summed E-state index contributed by atoms with van der Waals surface area (Å²) in [6.07, 6.45) is 3.42. The molecule has 0 fully saturated rings. The van der Waals surface area contributed by atoms with Crippen LogP contribution in [0.2, 0.25) is 0 Å². The maximum absolute atomic E-state index is 12.9. The van der Waals surface area contributed by atoms with Crippen LogP contribution in [0.3, 0.4) is 0 Å². The zero-order valence-electron chi connectivity index (χ0n) is 10.2. The van der Waals surface area contributed by atoms with E-state index in [1.807, 2.05) is 7.05 Å². The number of hydrogen-bond donors (Lipinski definition) is 1. The standard InChI is InChI=1S/C14H15FN2S/c1-16-11-3-2-4-12-13(11)18-14(17-12)9-5-7-10(15)8-6-9/h5-8,11,16H,2-4H2,1H3. The third kappa shape index (κ3) is 2.06. The molecule has 18 heavy (non-hydrogen) atoms. The Hall–Kier alpha value is -1.26. The maximum atomic E-state index is 12.9. The normalized spacial score (nSPS) is 18.7. The minimum Gasteiger partial charge on any atom is -0.312 e. The van der Waals surface area contributed by atoms with Gasteiger partial charge in [-0.15, -0.1) is 11.3 Å². The van der Waals surface area contributed by atoms with Crippen molar-refractivity contribution in [2.45, 2.75) is 25.3 Å². The van der Waals surface area contributed by atoms with Gasteiger partial charge in [0.1, 0.15) is 10.8 Å². The van der Waals surface area contributed by atoms with Gasteiger partial charge in [-0.25, -0.2) is 9.37 Å². The lowest BCUT2D eigenvalue weighted by molar-refractivity contribution is 0.501. The molecule has 1 atom stereocenters. The van der Waals surface area contributed by atoms with Gasteiger partial charge in [0.15, 0.2) is 0 Å². The van der Waals surface area contributed by atoms with Crippen LogP contribution >= 0.6 is 11.3 Å². The summed E-state index contributed by atoms with van der Waals surface area (Å²) in [6.45, 7) is 0. The second-order valence-corrected chi connectivity index (χ2v) is 5.60. The fraction of sp³-hybridized carbons (Fsp3) is 0.357. The van der Waals surface area contributed by atoms with Crippen LogP contribution in [0.4, 0.5) is 4.39 Å². The van der Waals surface area contributed by atoms with Crippen molar-refractivity contribution in [1.29, 1.82) is 0 Å². The van der Waals surface area contributed by atoms with Gasteiger partial charge in [0.2, 0.25) is 0 Å². The summed E-state index contributed by atoms with van der Waals surface area (Å²) in [5.41, 5.74) is 2.22. The highest BCUT2D eigenvalue weighted by atomic mass is 32.1. The molecule has 1 N–H and O–H groups in total. The largest absolute Gasteiger partial charge is 0.312 e. The van der Waals surface area contributed by atoms with Crippen LogP contribution in [-0.4, -0.2) is 12.0 Å². The van der Waals surface area contributed by atoms with Crippen LogP contribution in [-0.2, 0) is 6.42 Å². The van der Waals surface area contributed by atoms with E-state index in [9.17, 15) is 4.39 Å². The molecule has 2 aromatic rings. The first kappa shape index (κ1) is 11.8. The van der Waals surface area contributed by atoms with Gasteiger partial charge >= 0.3 is 0 Å². The molecule has 1 heterocycles. The van der Waals surface area contributed by atoms with Crippen LogP contribution in [0.1, 0.15) is 29.5 Å². The van der Waals surface area contributed by atoms with E-state index in [2.05, 4.69) is 5.32 Å². The predicted octanol–water partition coefficient (Wildman–Crippen LogP) is 3.55. The minimum atomic E-state index is -0.201. The monoisotopic (exact) mass is 262 g/mol. The highest BCUT2D eigenvalue weighted by Crippen LogP contribution is 2.37. The minimum absolute atomic E-state index is 0.201. The lowest BCUT2D eigenvalue weighted by Gasteiger charge is -2.19. The molecule has 0 amide bonds. The van der Waals surface area contributed by atoms with E-state index in [1.165, 1.54) is 35.5 Å². The molecule has 1 aliphatic carbocycles. The molecule has 2 nitrogen and oxygen atoms in total. The zero-order chi connectivity index (χ0) is 12.5. The van der Waals surface area contributed by atoms with Crippen molar-refractivity contribution >= 4 is 11.3 Å². The Morgan fingerprint density at radius 1 is 1.33 bits per heavy atom. The Balaban J connectivity index is 1.99. The van der Waals surface area contributed by atoms with Crippen molar-refractivity contribution in [1.82, 2.24) is 10.3 Å². The number of nitrogens with zero attached hydrogens (tertiary/aromatic N) is 1. The summed E-state index contributed by atoms with van der Waals surface area (Å²) in [4.78, 5) is 6.06. The Morgan fingerprint density at radius 3 is 2.83 bits per heavy atom. The van der Waals surface area contributed by atoms with E-state index in [1.54, 1.807) is 23.5 Å².